The molecule has 26 heavy (non-hydrogen) atoms. The molecule has 1 aromatic heterocycles. The van der Waals surface area contributed by atoms with E-state index in [9.17, 15) is 9.59 Å². The van der Waals surface area contributed by atoms with Crippen molar-refractivity contribution in [1.29, 1.82) is 0 Å². The maximum atomic E-state index is 12.6. The summed E-state index contributed by atoms with van der Waals surface area (Å²) in [4.78, 5) is 31.6. The summed E-state index contributed by atoms with van der Waals surface area (Å²) in [5.74, 6) is -0.535. The number of hydrogen-bond acceptors (Lipinski definition) is 4. The van der Waals surface area contributed by atoms with E-state index in [1.807, 2.05) is 60.9 Å². The minimum Gasteiger partial charge on any atom is -0.331 e. The Bertz CT molecular complexity index is 958. The van der Waals surface area contributed by atoms with Gasteiger partial charge in [0.05, 0.1) is 17.7 Å². The fourth-order valence-corrected chi connectivity index (χ4v) is 3.16. The summed E-state index contributed by atoms with van der Waals surface area (Å²) in [5, 5.41) is 3.82. The highest BCUT2D eigenvalue weighted by Gasteiger charge is 2.17. The van der Waals surface area contributed by atoms with E-state index in [4.69, 9.17) is 0 Å². The highest BCUT2D eigenvalue weighted by atomic mass is 32.2. The van der Waals surface area contributed by atoms with Crippen LogP contribution in [-0.4, -0.2) is 41.5 Å². The number of amides is 2. The molecular formula is C20H19N3O2S. The topological polar surface area (TPSA) is 62.3 Å². The van der Waals surface area contributed by atoms with E-state index >= 15 is 0 Å². The van der Waals surface area contributed by atoms with Gasteiger partial charge in [-0.15, -0.1) is 11.8 Å². The number of fused-ring (bicyclic) bond motifs is 1. The number of para-hydroxylation sites is 2. The lowest BCUT2D eigenvalue weighted by molar-refractivity contribution is -0.116. The number of nitrogens with one attached hydrogen (secondary N) is 1. The lowest BCUT2D eigenvalue weighted by atomic mass is 10.2. The molecule has 0 saturated heterocycles. The Morgan fingerprint density at radius 3 is 2.58 bits per heavy atom. The third-order valence-corrected chi connectivity index (χ3v) is 4.72. The van der Waals surface area contributed by atoms with E-state index in [1.165, 1.54) is 4.90 Å². The highest BCUT2D eigenvalue weighted by molar-refractivity contribution is 7.98. The number of hydrogen-bond donors (Lipinski definition) is 1. The third-order valence-electron chi connectivity index (χ3n) is 3.93. The number of anilines is 1. The average Bonchev–Trinajstić information content (AvgIpc) is 2.67. The third kappa shape index (κ3) is 4.03. The highest BCUT2D eigenvalue weighted by Crippen LogP contribution is 2.24. The first-order valence-electron chi connectivity index (χ1n) is 8.12. The van der Waals surface area contributed by atoms with E-state index in [0.717, 1.165) is 21.5 Å². The minimum absolute atomic E-state index is 0.0456. The molecular weight excluding hydrogens is 346 g/mol. The smallest absolute Gasteiger partial charge is 0.272 e. The number of nitrogens with zero attached hydrogens (tertiary/aromatic N) is 2. The van der Waals surface area contributed by atoms with Gasteiger partial charge in [0.25, 0.3) is 5.91 Å². The molecule has 0 unspecified atom stereocenters. The maximum absolute atomic E-state index is 12.6. The molecule has 0 bridgehead atoms. The van der Waals surface area contributed by atoms with E-state index in [0.29, 0.717) is 5.69 Å². The number of rotatable bonds is 5. The molecule has 5 nitrogen and oxygen atoms in total. The van der Waals surface area contributed by atoms with Gasteiger partial charge in [0, 0.05) is 17.3 Å². The predicted molar refractivity (Wildman–Crippen MR) is 106 cm³/mol. The summed E-state index contributed by atoms with van der Waals surface area (Å²) in [6.45, 7) is -0.0456. The first-order valence-corrected chi connectivity index (χ1v) is 9.35. The first-order chi connectivity index (χ1) is 12.6. The van der Waals surface area contributed by atoms with E-state index in [1.54, 1.807) is 24.9 Å². The van der Waals surface area contributed by atoms with E-state index < -0.39 is 0 Å². The van der Waals surface area contributed by atoms with Crippen LogP contribution in [0.5, 0.6) is 0 Å². The van der Waals surface area contributed by atoms with Gasteiger partial charge in [0.1, 0.15) is 5.69 Å². The number of likely N-dealkylation sites (N-methyl/N-ethyl adjacent to an activating group) is 1. The number of carbonyl (C=O) groups excluding carboxylic acids is 2. The summed E-state index contributed by atoms with van der Waals surface area (Å²) < 4.78 is 0. The lowest BCUT2D eigenvalue weighted by Gasteiger charge is -2.17. The van der Waals surface area contributed by atoms with Gasteiger partial charge in [0.15, 0.2) is 0 Å². The fraction of sp³-hybridized carbons (Fsp3) is 0.150. The van der Waals surface area contributed by atoms with Crippen LogP contribution in [0.1, 0.15) is 10.5 Å². The molecule has 1 N–H and O–H groups in total. The van der Waals surface area contributed by atoms with Crippen molar-refractivity contribution in [2.45, 2.75) is 4.90 Å². The van der Waals surface area contributed by atoms with Crippen molar-refractivity contribution in [3.63, 3.8) is 0 Å². The van der Waals surface area contributed by atoms with Crippen molar-refractivity contribution in [2.75, 3.05) is 25.2 Å². The van der Waals surface area contributed by atoms with E-state index in [2.05, 4.69) is 10.3 Å². The van der Waals surface area contributed by atoms with Crippen molar-refractivity contribution < 1.29 is 9.59 Å². The Balaban J connectivity index is 1.69. The summed E-state index contributed by atoms with van der Waals surface area (Å²) in [6.07, 6.45) is 1.95. The molecule has 3 rings (SSSR count). The Labute approximate surface area is 156 Å². The SMILES string of the molecule is CSc1ccccc1NC(=O)CN(C)C(=O)c1ccc2ccccc2n1. The minimum atomic E-state index is -0.288. The van der Waals surface area contributed by atoms with Crippen molar-refractivity contribution in [1.82, 2.24) is 9.88 Å². The fourth-order valence-electron chi connectivity index (χ4n) is 2.61. The van der Waals surface area contributed by atoms with Crippen molar-refractivity contribution in [3.05, 3.63) is 66.4 Å². The zero-order valence-corrected chi connectivity index (χ0v) is 15.4. The molecule has 6 heteroatoms. The molecule has 0 aliphatic heterocycles. The van der Waals surface area contributed by atoms with Crippen LogP contribution in [0.4, 0.5) is 5.69 Å². The Kier molecular flexibility index (Phi) is 5.53. The van der Waals surface area contributed by atoms with Gasteiger partial charge in [-0.2, -0.15) is 0 Å². The van der Waals surface area contributed by atoms with Crippen LogP contribution >= 0.6 is 11.8 Å². The molecule has 132 valence electrons. The van der Waals surface area contributed by atoms with E-state index in [-0.39, 0.29) is 18.4 Å². The molecule has 0 atom stereocenters. The molecule has 1 heterocycles. The number of pyridine rings is 1. The number of carbonyl (C=O) groups is 2. The summed E-state index contributed by atoms with van der Waals surface area (Å²) >= 11 is 1.56. The van der Waals surface area contributed by atoms with Crippen LogP contribution in [-0.2, 0) is 4.79 Å². The molecule has 0 fully saturated rings. The second-order valence-corrected chi connectivity index (χ2v) is 6.65. The van der Waals surface area contributed by atoms with Gasteiger partial charge in [-0.25, -0.2) is 4.98 Å². The molecule has 0 aliphatic rings. The first kappa shape index (κ1) is 17.9. The Hall–Kier alpha value is -2.86. The molecule has 2 aromatic carbocycles. The van der Waals surface area contributed by atoms with Gasteiger partial charge in [0.2, 0.25) is 5.91 Å². The molecule has 0 aliphatic carbocycles. The largest absolute Gasteiger partial charge is 0.331 e. The van der Waals surface area contributed by atoms with Gasteiger partial charge >= 0.3 is 0 Å². The van der Waals surface area contributed by atoms with Crippen LogP contribution in [0.25, 0.3) is 10.9 Å². The Morgan fingerprint density at radius 1 is 1.04 bits per heavy atom. The van der Waals surface area contributed by atoms with Gasteiger partial charge in [-0.3, -0.25) is 9.59 Å². The van der Waals surface area contributed by atoms with Gasteiger partial charge in [-0.05, 0) is 30.5 Å². The average molecular weight is 365 g/mol. The zero-order valence-electron chi connectivity index (χ0n) is 14.6. The molecule has 0 radical (unpaired) electrons. The lowest BCUT2D eigenvalue weighted by Crippen LogP contribution is -2.35. The molecule has 2 amide bonds. The number of aromatic nitrogens is 1. The standard InChI is InChI=1S/C20H19N3O2S/c1-23(13-19(24)22-16-9-5-6-10-18(16)26-2)20(25)17-12-11-14-7-3-4-8-15(14)21-17/h3-12H,13H2,1-2H3,(H,22,24). The zero-order chi connectivity index (χ0) is 18.5. The summed E-state index contributed by atoms with van der Waals surface area (Å²) in [5.41, 5.74) is 1.82. The molecule has 0 spiro atoms. The second-order valence-electron chi connectivity index (χ2n) is 5.80. The quantitative estimate of drug-likeness (QED) is 0.701. The monoisotopic (exact) mass is 365 g/mol. The Morgan fingerprint density at radius 2 is 1.77 bits per heavy atom. The van der Waals surface area contributed by atoms with Gasteiger partial charge < -0.3 is 10.2 Å². The van der Waals surface area contributed by atoms with Crippen LogP contribution in [0, 0.1) is 0 Å². The van der Waals surface area contributed by atoms with Crippen molar-refractivity contribution >= 4 is 40.2 Å². The maximum Gasteiger partial charge on any atom is 0.272 e. The molecule has 0 saturated carbocycles. The van der Waals surface area contributed by atoms with Crippen molar-refractivity contribution in [3.8, 4) is 0 Å². The second kappa shape index (κ2) is 8.01. The van der Waals surface area contributed by atoms with Crippen LogP contribution in [0.3, 0.4) is 0 Å². The molecule has 3 aromatic rings. The predicted octanol–water partition coefficient (Wildman–Crippen LogP) is 3.67. The van der Waals surface area contributed by atoms with Crippen LogP contribution < -0.4 is 5.32 Å². The summed E-state index contributed by atoms with van der Waals surface area (Å²) in [7, 11) is 1.60. The normalized spacial score (nSPS) is 10.5. The van der Waals surface area contributed by atoms with Crippen LogP contribution in [0.2, 0.25) is 0 Å². The van der Waals surface area contributed by atoms with Crippen LogP contribution in [0.15, 0.2) is 65.6 Å². The van der Waals surface area contributed by atoms with Crippen molar-refractivity contribution in [2.24, 2.45) is 0 Å². The number of thioether (sulfide) groups is 1. The number of benzene rings is 2. The van der Waals surface area contributed by atoms with Gasteiger partial charge in [-0.1, -0.05) is 36.4 Å². The summed E-state index contributed by atoms with van der Waals surface area (Å²) in [6, 6.07) is 18.7.